The highest BCUT2D eigenvalue weighted by Gasteiger charge is 2.11. The smallest absolute Gasteiger partial charge is 0.275 e. The van der Waals surface area contributed by atoms with E-state index in [4.69, 9.17) is 4.52 Å². The number of aromatic nitrogens is 3. The van der Waals surface area contributed by atoms with Gasteiger partial charge in [-0.3, -0.25) is 4.79 Å². The van der Waals surface area contributed by atoms with Crippen molar-refractivity contribution in [3.05, 3.63) is 65.4 Å². The number of nitrogens with zero attached hydrogens (tertiary/aromatic N) is 3. The number of anilines is 2. The highest BCUT2D eigenvalue weighted by Crippen LogP contribution is 2.10. The summed E-state index contributed by atoms with van der Waals surface area (Å²) in [4.78, 5) is 20.4. The van der Waals surface area contributed by atoms with E-state index < -0.39 is 5.91 Å². The van der Waals surface area contributed by atoms with Gasteiger partial charge in [0.1, 0.15) is 17.3 Å². The Hall–Kier alpha value is -3.29. The normalized spacial score (nSPS) is 10.5. The molecule has 0 atom stereocenters. The van der Waals surface area contributed by atoms with Crippen LogP contribution in [0.15, 0.2) is 47.1 Å². The zero-order valence-corrected chi connectivity index (χ0v) is 13.5. The third kappa shape index (κ3) is 4.37. The van der Waals surface area contributed by atoms with E-state index in [0.29, 0.717) is 36.1 Å². The van der Waals surface area contributed by atoms with Crippen molar-refractivity contribution in [2.75, 3.05) is 17.2 Å². The van der Waals surface area contributed by atoms with Gasteiger partial charge >= 0.3 is 0 Å². The van der Waals surface area contributed by atoms with Gasteiger partial charge in [-0.1, -0.05) is 23.4 Å². The average Bonchev–Trinajstić information content (AvgIpc) is 3.02. The summed E-state index contributed by atoms with van der Waals surface area (Å²) >= 11 is 0. The molecule has 2 aromatic heterocycles. The first-order chi connectivity index (χ1) is 12.1. The van der Waals surface area contributed by atoms with Crippen molar-refractivity contribution >= 4 is 17.7 Å². The number of hydrogen-bond donors (Lipinski definition) is 2. The first-order valence-electron chi connectivity index (χ1n) is 7.67. The van der Waals surface area contributed by atoms with Crippen LogP contribution < -0.4 is 10.6 Å². The fourth-order valence-electron chi connectivity index (χ4n) is 2.19. The van der Waals surface area contributed by atoms with E-state index in [0.717, 1.165) is 0 Å². The summed E-state index contributed by atoms with van der Waals surface area (Å²) in [6.07, 6.45) is 1.95. The van der Waals surface area contributed by atoms with Gasteiger partial charge < -0.3 is 15.2 Å². The van der Waals surface area contributed by atoms with Crippen LogP contribution in [0.5, 0.6) is 0 Å². The van der Waals surface area contributed by atoms with Gasteiger partial charge in [0.15, 0.2) is 5.82 Å². The molecule has 3 rings (SSSR count). The van der Waals surface area contributed by atoms with Crippen LogP contribution >= 0.6 is 0 Å². The van der Waals surface area contributed by atoms with Gasteiger partial charge in [-0.2, -0.15) is 0 Å². The summed E-state index contributed by atoms with van der Waals surface area (Å²) in [7, 11) is 0. The van der Waals surface area contributed by atoms with Gasteiger partial charge in [0, 0.05) is 18.8 Å². The third-order valence-corrected chi connectivity index (χ3v) is 3.39. The van der Waals surface area contributed by atoms with Crippen LogP contribution in [0.2, 0.25) is 0 Å². The zero-order chi connectivity index (χ0) is 17.6. The van der Waals surface area contributed by atoms with Gasteiger partial charge in [0.25, 0.3) is 5.91 Å². The molecule has 25 heavy (non-hydrogen) atoms. The van der Waals surface area contributed by atoms with Crippen molar-refractivity contribution in [1.82, 2.24) is 15.1 Å². The predicted molar refractivity (Wildman–Crippen MR) is 89.8 cm³/mol. The summed E-state index contributed by atoms with van der Waals surface area (Å²) < 4.78 is 18.5. The molecule has 0 fully saturated rings. The lowest BCUT2D eigenvalue weighted by atomic mass is 10.1. The second kappa shape index (κ2) is 7.52. The molecular formula is C17H16FN5O2. The second-order valence-electron chi connectivity index (χ2n) is 5.31. The van der Waals surface area contributed by atoms with Gasteiger partial charge in [-0.15, -0.1) is 0 Å². The van der Waals surface area contributed by atoms with Gasteiger partial charge in [-0.25, -0.2) is 14.4 Å². The van der Waals surface area contributed by atoms with Crippen LogP contribution in [0.4, 0.5) is 16.2 Å². The molecule has 7 nitrogen and oxygen atoms in total. The van der Waals surface area contributed by atoms with Crippen LogP contribution in [-0.4, -0.2) is 27.6 Å². The molecule has 128 valence electrons. The van der Waals surface area contributed by atoms with Gasteiger partial charge in [0.05, 0.1) is 0 Å². The maximum Gasteiger partial charge on any atom is 0.275 e. The Bertz CT molecular complexity index is 881. The van der Waals surface area contributed by atoms with Crippen molar-refractivity contribution in [2.45, 2.75) is 13.3 Å². The molecule has 2 heterocycles. The van der Waals surface area contributed by atoms with Crippen LogP contribution in [0.25, 0.3) is 0 Å². The first kappa shape index (κ1) is 16.6. The fraction of sp³-hybridized carbons (Fsp3) is 0.176. The summed E-state index contributed by atoms with van der Waals surface area (Å²) in [5.41, 5.74) is 0.786. The van der Waals surface area contributed by atoms with Crippen molar-refractivity contribution in [3.63, 3.8) is 0 Å². The molecule has 0 saturated heterocycles. The summed E-state index contributed by atoms with van der Waals surface area (Å²) in [6, 6.07) is 9.67. The van der Waals surface area contributed by atoms with Crippen molar-refractivity contribution in [1.29, 1.82) is 0 Å². The number of amides is 1. The standard InChI is InChI=1S/C17H16FN5O2/c1-11-10-15(23-25-11)22-16(24)14-7-9-20-17(21-14)19-8-6-12-4-2-3-5-13(12)18/h2-5,7,9-10H,6,8H2,1H3,(H,19,20,21)(H,22,23,24). The minimum atomic E-state index is -0.423. The van der Waals surface area contributed by atoms with Crippen LogP contribution in [0, 0.1) is 12.7 Å². The fourth-order valence-corrected chi connectivity index (χ4v) is 2.19. The highest BCUT2D eigenvalue weighted by atomic mass is 19.1. The molecule has 8 heteroatoms. The minimum absolute atomic E-state index is 0.184. The molecule has 0 aliphatic rings. The van der Waals surface area contributed by atoms with E-state index >= 15 is 0 Å². The highest BCUT2D eigenvalue weighted by molar-refractivity contribution is 6.02. The zero-order valence-electron chi connectivity index (χ0n) is 13.5. The molecule has 2 N–H and O–H groups in total. The van der Waals surface area contributed by atoms with Crippen molar-refractivity contribution in [2.24, 2.45) is 0 Å². The lowest BCUT2D eigenvalue weighted by Gasteiger charge is -2.07. The quantitative estimate of drug-likeness (QED) is 0.716. The van der Waals surface area contributed by atoms with Crippen LogP contribution in [0.3, 0.4) is 0 Å². The number of carbonyl (C=O) groups is 1. The molecule has 0 aliphatic heterocycles. The lowest BCUT2D eigenvalue weighted by molar-refractivity contribution is 0.102. The van der Waals surface area contributed by atoms with E-state index in [1.54, 1.807) is 31.2 Å². The van der Waals surface area contributed by atoms with E-state index in [2.05, 4.69) is 25.8 Å². The van der Waals surface area contributed by atoms with Crippen molar-refractivity contribution < 1.29 is 13.7 Å². The van der Waals surface area contributed by atoms with E-state index in [1.165, 1.54) is 18.3 Å². The molecule has 0 saturated carbocycles. The minimum Gasteiger partial charge on any atom is -0.360 e. The Morgan fingerprint density at radius 1 is 1.28 bits per heavy atom. The topological polar surface area (TPSA) is 92.9 Å². The molecule has 0 bridgehead atoms. The molecule has 0 spiro atoms. The van der Waals surface area contributed by atoms with E-state index in [1.807, 2.05) is 0 Å². The van der Waals surface area contributed by atoms with E-state index in [-0.39, 0.29) is 11.5 Å². The average molecular weight is 341 g/mol. The maximum absolute atomic E-state index is 13.6. The molecule has 1 aromatic carbocycles. The van der Waals surface area contributed by atoms with E-state index in [9.17, 15) is 9.18 Å². The summed E-state index contributed by atoms with van der Waals surface area (Å²) in [5, 5.41) is 9.26. The number of benzene rings is 1. The molecule has 0 radical (unpaired) electrons. The van der Waals surface area contributed by atoms with Crippen molar-refractivity contribution in [3.8, 4) is 0 Å². The largest absolute Gasteiger partial charge is 0.360 e. The predicted octanol–water partition coefficient (Wildman–Crippen LogP) is 2.82. The number of carbonyl (C=O) groups excluding carboxylic acids is 1. The molecule has 0 aliphatic carbocycles. The maximum atomic E-state index is 13.6. The molecule has 0 unspecified atom stereocenters. The molecular weight excluding hydrogens is 325 g/mol. The molecule has 1 amide bonds. The Morgan fingerprint density at radius 2 is 2.12 bits per heavy atom. The van der Waals surface area contributed by atoms with Gasteiger partial charge in [-0.05, 0) is 31.0 Å². The Morgan fingerprint density at radius 3 is 2.88 bits per heavy atom. The Kier molecular flexibility index (Phi) is 4.98. The number of halogens is 1. The number of hydrogen-bond acceptors (Lipinski definition) is 6. The first-order valence-corrected chi connectivity index (χ1v) is 7.67. The van der Waals surface area contributed by atoms with Crippen LogP contribution in [-0.2, 0) is 6.42 Å². The summed E-state index contributed by atoms with van der Waals surface area (Å²) in [6.45, 7) is 2.17. The number of rotatable bonds is 6. The second-order valence-corrected chi connectivity index (χ2v) is 5.31. The third-order valence-electron chi connectivity index (χ3n) is 3.39. The lowest BCUT2D eigenvalue weighted by Crippen LogP contribution is -2.16. The Labute approximate surface area is 143 Å². The van der Waals surface area contributed by atoms with Gasteiger partial charge in [0.2, 0.25) is 5.95 Å². The SMILES string of the molecule is Cc1cc(NC(=O)c2ccnc(NCCc3ccccc3F)n2)no1. The monoisotopic (exact) mass is 341 g/mol. The number of nitrogens with one attached hydrogen (secondary N) is 2. The summed E-state index contributed by atoms with van der Waals surface area (Å²) in [5.74, 6) is 0.526. The molecule has 3 aromatic rings. The number of aryl methyl sites for hydroxylation is 1. The van der Waals surface area contributed by atoms with Crippen LogP contribution in [0.1, 0.15) is 21.8 Å². The Balaban J connectivity index is 1.59.